The first kappa shape index (κ1) is 21.4. The lowest BCUT2D eigenvalue weighted by Gasteiger charge is -2.13. The maximum atomic E-state index is 12.9. The van der Waals surface area contributed by atoms with Crippen LogP contribution in [0.4, 0.5) is 10.5 Å². The van der Waals surface area contributed by atoms with E-state index >= 15 is 0 Å². The normalized spacial score (nSPS) is 15.0. The number of carbonyl (C=O) groups is 4. The summed E-state index contributed by atoms with van der Waals surface area (Å²) in [5.41, 5.74) is 8.30. The van der Waals surface area contributed by atoms with Crippen LogP contribution in [0.3, 0.4) is 0 Å². The number of hydrogen-bond acceptors (Lipinski definition) is 5. The number of hydrogen-bond donors (Lipinski definition) is 2. The van der Waals surface area contributed by atoms with E-state index in [0.717, 1.165) is 33.1 Å². The SMILES string of the molecule is Cc1ccccc1NC(=O)CN1C(=O)SC(=Cc2cn(CC(N)=O)c3ccccc23)C1=O. The average molecular weight is 449 g/mol. The molecule has 1 aromatic heterocycles. The Kier molecular flexibility index (Phi) is 5.83. The zero-order valence-corrected chi connectivity index (χ0v) is 18.0. The van der Waals surface area contributed by atoms with Gasteiger partial charge in [-0.15, -0.1) is 0 Å². The van der Waals surface area contributed by atoms with Crippen LogP contribution in [0, 0.1) is 6.92 Å². The van der Waals surface area contributed by atoms with E-state index in [4.69, 9.17) is 5.73 Å². The fraction of sp³-hybridized carbons (Fsp3) is 0.130. The van der Waals surface area contributed by atoms with Crippen molar-refractivity contribution in [1.82, 2.24) is 9.47 Å². The predicted molar refractivity (Wildman–Crippen MR) is 124 cm³/mol. The Labute approximate surface area is 188 Å². The summed E-state index contributed by atoms with van der Waals surface area (Å²) in [5.74, 6) is -1.48. The second-order valence-electron chi connectivity index (χ2n) is 7.33. The van der Waals surface area contributed by atoms with Crippen LogP contribution in [0.2, 0.25) is 0 Å². The number of carbonyl (C=O) groups excluding carboxylic acids is 4. The molecule has 3 aromatic rings. The minimum absolute atomic E-state index is 0.00505. The number of rotatable bonds is 6. The number of benzene rings is 2. The molecule has 162 valence electrons. The van der Waals surface area contributed by atoms with E-state index in [2.05, 4.69) is 5.32 Å². The molecule has 0 spiro atoms. The number of amides is 4. The van der Waals surface area contributed by atoms with Gasteiger partial charge in [0, 0.05) is 28.4 Å². The van der Waals surface area contributed by atoms with Gasteiger partial charge in [-0.25, -0.2) is 0 Å². The van der Waals surface area contributed by atoms with Gasteiger partial charge in [0.05, 0.1) is 4.91 Å². The van der Waals surface area contributed by atoms with Gasteiger partial charge in [0.2, 0.25) is 11.8 Å². The van der Waals surface area contributed by atoms with E-state index < -0.39 is 23.0 Å². The number of nitrogens with one attached hydrogen (secondary N) is 1. The number of nitrogens with zero attached hydrogens (tertiary/aromatic N) is 2. The molecule has 0 radical (unpaired) electrons. The van der Waals surface area contributed by atoms with Gasteiger partial charge >= 0.3 is 0 Å². The third kappa shape index (κ3) is 4.28. The molecular formula is C23H20N4O4S. The Morgan fingerprint density at radius 2 is 1.78 bits per heavy atom. The first-order valence-electron chi connectivity index (χ1n) is 9.80. The van der Waals surface area contributed by atoms with Crippen molar-refractivity contribution in [2.75, 3.05) is 11.9 Å². The van der Waals surface area contributed by atoms with Gasteiger partial charge in [0.25, 0.3) is 11.1 Å². The molecule has 0 bridgehead atoms. The Bertz CT molecular complexity index is 1290. The number of para-hydroxylation sites is 2. The highest BCUT2D eigenvalue weighted by atomic mass is 32.2. The standard InChI is InChI=1S/C23H20N4O4S/c1-14-6-2-4-8-17(14)25-21(29)13-27-22(30)19(32-23(27)31)10-15-11-26(12-20(24)28)18-9-5-3-7-16(15)18/h2-11H,12-13H2,1H3,(H2,24,28)(H,25,29). The van der Waals surface area contributed by atoms with Crippen LogP contribution >= 0.6 is 11.8 Å². The number of nitrogens with two attached hydrogens (primary N) is 1. The van der Waals surface area contributed by atoms with Gasteiger partial charge in [-0.3, -0.25) is 24.1 Å². The first-order chi connectivity index (χ1) is 15.3. The predicted octanol–water partition coefficient (Wildman–Crippen LogP) is 3.11. The minimum Gasteiger partial charge on any atom is -0.368 e. The minimum atomic E-state index is -0.535. The Morgan fingerprint density at radius 3 is 2.53 bits per heavy atom. The zero-order valence-electron chi connectivity index (χ0n) is 17.2. The van der Waals surface area contributed by atoms with Crippen molar-refractivity contribution >= 4 is 57.4 Å². The Hall–Kier alpha value is -3.85. The summed E-state index contributed by atoms with van der Waals surface area (Å²) < 4.78 is 1.70. The summed E-state index contributed by atoms with van der Waals surface area (Å²) in [4.78, 5) is 50.2. The summed E-state index contributed by atoms with van der Waals surface area (Å²) in [7, 11) is 0. The Balaban J connectivity index is 1.56. The largest absolute Gasteiger partial charge is 0.368 e. The molecule has 3 N–H and O–H groups in total. The van der Waals surface area contributed by atoms with Gasteiger partial charge < -0.3 is 15.6 Å². The van der Waals surface area contributed by atoms with E-state index in [-0.39, 0.29) is 18.0 Å². The van der Waals surface area contributed by atoms with Crippen molar-refractivity contribution in [2.45, 2.75) is 13.5 Å². The Morgan fingerprint density at radius 1 is 1.06 bits per heavy atom. The molecule has 0 aliphatic carbocycles. The second-order valence-corrected chi connectivity index (χ2v) is 8.32. The van der Waals surface area contributed by atoms with Gasteiger partial charge in [-0.05, 0) is 42.5 Å². The summed E-state index contributed by atoms with van der Waals surface area (Å²) in [6, 6.07) is 14.6. The maximum Gasteiger partial charge on any atom is 0.294 e. The molecule has 0 saturated carbocycles. The molecule has 1 aliphatic heterocycles. The van der Waals surface area contributed by atoms with Crippen LogP contribution in [0.1, 0.15) is 11.1 Å². The van der Waals surface area contributed by atoms with Crippen molar-refractivity contribution < 1.29 is 19.2 Å². The fourth-order valence-electron chi connectivity index (χ4n) is 3.51. The average Bonchev–Trinajstić information content (AvgIpc) is 3.22. The van der Waals surface area contributed by atoms with Crippen molar-refractivity contribution in [1.29, 1.82) is 0 Å². The molecule has 32 heavy (non-hydrogen) atoms. The van der Waals surface area contributed by atoms with Crippen molar-refractivity contribution in [3.05, 3.63) is 70.8 Å². The van der Waals surface area contributed by atoms with E-state index in [1.807, 2.05) is 43.3 Å². The molecule has 1 saturated heterocycles. The van der Waals surface area contributed by atoms with Crippen LogP contribution in [0.25, 0.3) is 17.0 Å². The molecule has 1 aliphatic rings. The smallest absolute Gasteiger partial charge is 0.294 e. The molecule has 8 nitrogen and oxygen atoms in total. The summed E-state index contributed by atoms with van der Waals surface area (Å²) in [6.45, 7) is 1.47. The van der Waals surface area contributed by atoms with Crippen molar-refractivity contribution in [2.24, 2.45) is 5.73 Å². The maximum absolute atomic E-state index is 12.9. The first-order valence-corrected chi connectivity index (χ1v) is 10.6. The topological polar surface area (TPSA) is 114 Å². The van der Waals surface area contributed by atoms with Crippen LogP contribution in [0.5, 0.6) is 0 Å². The van der Waals surface area contributed by atoms with Gasteiger partial charge in [-0.1, -0.05) is 36.4 Å². The number of primary amides is 1. The second kappa shape index (κ2) is 8.72. The lowest BCUT2D eigenvalue weighted by Crippen LogP contribution is -2.36. The number of aryl methyl sites for hydroxylation is 1. The highest BCUT2D eigenvalue weighted by Crippen LogP contribution is 2.34. The van der Waals surface area contributed by atoms with Crippen LogP contribution in [-0.4, -0.2) is 39.0 Å². The van der Waals surface area contributed by atoms with Gasteiger partial charge in [0.15, 0.2) is 0 Å². The highest BCUT2D eigenvalue weighted by Gasteiger charge is 2.36. The molecule has 1 fully saturated rings. The van der Waals surface area contributed by atoms with Gasteiger partial charge in [-0.2, -0.15) is 0 Å². The molecular weight excluding hydrogens is 428 g/mol. The monoisotopic (exact) mass is 448 g/mol. The number of aromatic nitrogens is 1. The summed E-state index contributed by atoms with van der Waals surface area (Å²) in [5, 5.41) is 3.03. The highest BCUT2D eigenvalue weighted by molar-refractivity contribution is 8.18. The van der Waals surface area contributed by atoms with Gasteiger partial charge in [0.1, 0.15) is 13.1 Å². The van der Waals surface area contributed by atoms with E-state index in [9.17, 15) is 19.2 Å². The molecule has 4 rings (SSSR count). The zero-order chi connectivity index (χ0) is 22.8. The fourth-order valence-corrected chi connectivity index (χ4v) is 4.34. The van der Waals surface area contributed by atoms with Crippen LogP contribution in [0.15, 0.2) is 59.6 Å². The lowest BCUT2D eigenvalue weighted by molar-refractivity contribution is -0.127. The number of anilines is 1. The quantitative estimate of drug-likeness (QED) is 0.563. The summed E-state index contributed by atoms with van der Waals surface area (Å²) >= 11 is 0.777. The molecule has 0 atom stereocenters. The van der Waals surface area contributed by atoms with Crippen LogP contribution < -0.4 is 11.1 Å². The number of fused-ring (bicyclic) bond motifs is 1. The molecule has 2 heterocycles. The summed E-state index contributed by atoms with van der Waals surface area (Å²) in [6.07, 6.45) is 3.32. The van der Waals surface area contributed by atoms with Crippen molar-refractivity contribution in [3.63, 3.8) is 0 Å². The number of imide groups is 1. The van der Waals surface area contributed by atoms with E-state index in [0.29, 0.717) is 11.3 Å². The van der Waals surface area contributed by atoms with Crippen molar-refractivity contribution in [3.8, 4) is 0 Å². The third-order valence-corrected chi connectivity index (χ3v) is 5.93. The van der Waals surface area contributed by atoms with E-state index in [1.54, 1.807) is 29.0 Å². The molecule has 2 aromatic carbocycles. The van der Waals surface area contributed by atoms with Crippen LogP contribution in [-0.2, 0) is 20.9 Å². The lowest BCUT2D eigenvalue weighted by atomic mass is 10.1. The third-order valence-electron chi connectivity index (χ3n) is 5.03. The van der Waals surface area contributed by atoms with E-state index in [1.165, 1.54) is 0 Å². The molecule has 4 amide bonds. The number of thioether (sulfide) groups is 1. The molecule has 9 heteroatoms. The molecule has 0 unspecified atom stereocenters.